The van der Waals surface area contributed by atoms with Gasteiger partial charge in [0.2, 0.25) is 0 Å². The molecule has 0 amide bonds. The monoisotopic (exact) mass is 416 g/mol. The Kier molecular flexibility index (Phi) is 4.88. The predicted octanol–water partition coefficient (Wildman–Crippen LogP) is 3.91. The van der Waals surface area contributed by atoms with Crippen LogP contribution in [-0.2, 0) is 12.7 Å². The largest absolute Gasteiger partial charge is 0.416 e. The SMILES string of the molecule is FC(F)(F)c1ccccc1CN1C=c2c(Br)cccc2=NC1CCl. The smallest absolute Gasteiger partial charge is 0.350 e. The molecule has 0 saturated carbocycles. The molecule has 0 fully saturated rings. The van der Waals surface area contributed by atoms with E-state index in [1.165, 1.54) is 12.1 Å². The van der Waals surface area contributed by atoms with E-state index in [1.807, 2.05) is 24.4 Å². The first kappa shape index (κ1) is 17.3. The average molecular weight is 418 g/mol. The van der Waals surface area contributed by atoms with Crippen LogP contribution < -0.4 is 10.6 Å². The molecule has 1 atom stereocenters. The van der Waals surface area contributed by atoms with Gasteiger partial charge in [-0.15, -0.1) is 11.6 Å². The highest BCUT2D eigenvalue weighted by Crippen LogP contribution is 2.32. The van der Waals surface area contributed by atoms with Crippen LogP contribution in [0.2, 0.25) is 0 Å². The van der Waals surface area contributed by atoms with Gasteiger partial charge >= 0.3 is 6.18 Å². The summed E-state index contributed by atoms with van der Waals surface area (Å²) in [5, 5.41) is 1.61. The second-order valence-electron chi connectivity index (χ2n) is 5.39. The van der Waals surface area contributed by atoms with Crippen molar-refractivity contribution in [2.24, 2.45) is 4.99 Å². The Balaban J connectivity index is 2.03. The third-order valence-electron chi connectivity index (χ3n) is 3.81. The molecular formula is C17H13BrClF3N2. The summed E-state index contributed by atoms with van der Waals surface area (Å²) in [6.07, 6.45) is -2.99. The van der Waals surface area contributed by atoms with Crippen molar-refractivity contribution in [1.82, 2.24) is 4.90 Å². The van der Waals surface area contributed by atoms with Gasteiger partial charge in [-0.2, -0.15) is 13.2 Å². The lowest BCUT2D eigenvalue weighted by molar-refractivity contribution is -0.138. The van der Waals surface area contributed by atoms with Gasteiger partial charge in [-0.1, -0.05) is 40.2 Å². The number of benzene rings is 2. The number of hydrogen-bond donors (Lipinski definition) is 0. The fourth-order valence-electron chi connectivity index (χ4n) is 2.66. The summed E-state index contributed by atoms with van der Waals surface area (Å²) in [6.45, 7) is 0.0807. The van der Waals surface area contributed by atoms with Crippen molar-refractivity contribution in [2.75, 3.05) is 5.88 Å². The molecule has 0 spiro atoms. The normalized spacial score (nSPS) is 17.0. The Bertz CT molecular complexity index is 867. The van der Waals surface area contributed by atoms with Crippen molar-refractivity contribution in [3.63, 3.8) is 0 Å². The van der Waals surface area contributed by atoms with Crippen LogP contribution in [0.1, 0.15) is 11.1 Å². The molecule has 2 aromatic rings. The van der Waals surface area contributed by atoms with Crippen molar-refractivity contribution < 1.29 is 13.2 Å². The molecule has 7 heteroatoms. The minimum absolute atomic E-state index is 0.0807. The second kappa shape index (κ2) is 6.76. The lowest BCUT2D eigenvalue weighted by Gasteiger charge is -2.30. The fraction of sp³-hybridized carbons (Fsp3) is 0.235. The van der Waals surface area contributed by atoms with Gasteiger partial charge < -0.3 is 4.90 Å². The van der Waals surface area contributed by atoms with Crippen molar-refractivity contribution in [1.29, 1.82) is 0 Å². The van der Waals surface area contributed by atoms with Crippen LogP contribution in [0, 0.1) is 0 Å². The molecule has 2 nitrogen and oxygen atoms in total. The lowest BCUT2D eigenvalue weighted by Crippen LogP contribution is -2.43. The van der Waals surface area contributed by atoms with Crippen LogP contribution in [0.4, 0.5) is 13.2 Å². The van der Waals surface area contributed by atoms with Gasteiger partial charge in [0.25, 0.3) is 0 Å². The molecule has 0 N–H and O–H groups in total. The maximum absolute atomic E-state index is 13.2. The maximum Gasteiger partial charge on any atom is 0.416 e. The summed E-state index contributed by atoms with van der Waals surface area (Å²) in [6, 6.07) is 11.2. The number of alkyl halides is 4. The summed E-state index contributed by atoms with van der Waals surface area (Å²) in [5.41, 5.74) is -0.438. The van der Waals surface area contributed by atoms with E-state index in [4.69, 9.17) is 11.6 Å². The molecule has 3 rings (SSSR count). The third-order valence-corrected chi connectivity index (χ3v) is 4.78. The van der Waals surface area contributed by atoms with Crippen molar-refractivity contribution in [3.8, 4) is 0 Å². The summed E-state index contributed by atoms with van der Waals surface area (Å²) < 4.78 is 40.4. The number of hydrogen-bond acceptors (Lipinski definition) is 2. The van der Waals surface area contributed by atoms with E-state index in [9.17, 15) is 13.2 Å². The van der Waals surface area contributed by atoms with E-state index in [0.29, 0.717) is 0 Å². The summed E-state index contributed by atoms with van der Waals surface area (Å²) in [7, 11) is 0. The van der Waals surface area contributed by atoms with Gasteiger partial charge in [0, 0.05) is 22.4 Å². The number of nitrogens with zero attached hydrogens (tertiary/aromatic N) is 2. The molecule has 0 saturated heterocycles. The Morgan fingerprint density at radius 1 is 1.12 bits per heavy atom. The highest BCUT2D eigenvalue weighted by Gasteiger charge is 2.33. The number of fused-ring (bicyclic) bond motifs is 1. The Morgan fingerprint density at radius 3 is 2.58 bits per heavy atom. The van der Waals surface area contributed by atoms with Crippen LogP contribution in [0.15, 0.2) is 51.9 Å². The molecule has 1 unspecified atom stereocenters. The second-order valence-corrected chi connectivity index (χ2v) is 6.56. The molecule has 1 aliphatic heterocycles. The zero-order valence-electron chi connectivity index (χ0n) is 12.4. The Labute approximate surface area is 150 Å². The summed E-state index contributed by atoms with van der Waals surface area (Å²) in [5.74, 6) is 0.191. The molecule has 0 radical (unpaired) electrons. The molecule has 1 heterocycles. The Morgan fingerprint density at radius 2 is 1.88 bits per heavy atom. The quantitative estimate of drug-likeness (QED) is 0.692. The molecule has 0 bridgehead atoms. The highest BCUT2D eigenvalue weighted by molar-refractivity contribution is 9.10. The van der Waals surface area contributed by atoms with E-state index in [1.54, 1.807) is 11.0 Å². The van der Waals surface area contributed by atoms with E-state index in [0.717, 1.165) is 21.1 Å². The van der Waals surface area contributed by atoms with Gasteiger partial charge in [-0.3, -0.25) is 4.99 Å². The number of halogens is 5. The molecule has 2 aromatic carbocycles. The van der Waals surface area contributed by atoms with Crippen LogP contribution in [0.5, 0.6) is 0 Å². The summed E-state index contributed by atoms with van der Waals surface area (Å²) >= 11 is 9.44. The summed E-state index contributed by atoms with van der Waals surface area (Å²) in [4.78, 5) is 6.29. The minimum Gasteiger partial charge on any atom is -0.350 e. The van der Waals surface area contributed by atoms with Gasteiger partial charge in [0.1, 0.15) is 6.17 Å². The highest BCUT2D eigenvalue weighted by atomic mass is 79.9. The molecule has 0 aliphatic carbocycles. The van der Waals surface area contributed by atoms with Crippen LogP contribution in [0.3, 0.4) is 0 Å². The van der Waals surface area contributed by atoms with Crippen molar-refractivity contribution in [2.45, 2.75) is 18.9 Å². The first-order chi connectivity index (χ1) is 11.4. The van der Waals surface area contributed by atoms with E-state index >= 15 is 0 Å². The van der Waals surface area contributed by atoms with Crippen LogP contribution in [0.25, 0.3) is 6.20 Å². The van der Waals surface area contributed by atoms with Gasteiger partial charge in [-0.25, -0.2) is 0 Å². The van der Waals surface area contributed by atoms with Gasteiger partial charge in [-0.05, 0) is 23.8 Å². The zero-order valence-corrected chi connectivity index (χ0v) is 14.7. The third kappa shape index (κ3) is 3.44. The van der Waals surface area contributed by atoms with Gasteiger partial charge in [0.15, 0.2) is 0 Å². The first-order valence-electron chi connectivity index (χ1n) is 7.21. The average Bonchev–Trinajstić information content (AvgIpc) is 2.54. The molecular weight excluding hydrogens is 405 g/mol. The molecule has 24 heavy (non-hydrogen) atoms. The standard InChI is InChI=1S/C17H13BrClF3N2/c18-14-6-3-7-15-12(14)10-24(16(8-19)23-15)9-11-4-1-2-5-13(11)17(20,21)22/h1-7,10,16H,8-9H2. The minimum atomic E-state index is -4.39. The topological polar surface area (TPSA) is 15.6 Å². The van der Waals surface area contributed by atoms with E-state index in [-0.39, 0.29) is 18.0 Å². The predicted molar refractivity (Wildman–Crippen MR) is 90.9 cm³/mol. The maximum atomic E-state index is 13.2. The molecule has 126 valence electrons. The molecule has 0 aromatic heterocycles. The number of rotatable bonds is 3. The van der Waals surface area contributed by atoms with Gasteiger partial charge in [0.05, 0.1) is 16.8 Å². The van der Waals surface area contributed by atoms with E-state index < -0.39 is 17.9 Å². The zero-order chi connectivity index (χ0) is 17.3. The van der Waals surface area contributed by atoms with Crippen LogP contribution in [-0.4, -0.2) is 16.9 Å². The lowest BCUT2D eigenvalue weighted by atomic mass is 10.1. The first-order valence-corrected chi connectivity index (χ1v) is 8.54. The van der Waals surface area contributed by atoms with Crippen molar-refractivity contribution >= 4 is 33.7 Å². The van der Waals surface area contributed by atoms with Crippen LogP contribution >= 0.6 is 27.5 Å². The Hall–Kier alpha value is -1.53. The molecule has 1 aliphatic rings. The van der Waals surface area contributed by atoms with Crippen molar-refractivity contribution in [3.05, 3.63) is 68.6 Å². The van der Waals surface area contributed by atoms with E-state index in [2.05, 4.69) is 20.9 Å². The fourth-order valence-corrected chi connectivity index (χ4v) is 3.36.